The Bertz CT molecular complexity index is 185. The Morgan fingerprint density at radius 2 is 2.33 bits per heavy atom. The second kappa shape index (κ2) is 5.42. The van der Waals surface area contributed by atoms with E-state index in [2.05, 4.69) is 5.32 Å². The average molecular weight is 169 g/mol. The Morgan fingerprint density at radius 1 is 1.75 bits per heavy atom. The SMILES string of the molecule is CCN(C)C(=O)NCC(C)C#N. The second-order valence-electron chi connectivity index (χ2n) is 2.73. The van der Waals surface area contributed by atoms with Crippen molar-refractivity contribution in [1.82, 2.24) is 10.2 Å². The number of amides is 2. The molecule has 1 atom stereocenters. The number of urea groups is 1. The van der Waals surface area contributed by atoms with Gasteiger partial charge in [-0.05, 0) is 13.8 Å². The fraction of sp³-hybridized carbons (Fsp3) is 0.750. The zero-order chi connectivity index (χ0) is 9.56. The molecule has 12 heavy (non-hydrogen) atoms. The Hall–Kier alpha value is -1.24. The van der Waals surface area contributed by atoms with E-state index in [9.17, 15) is 4.79 Å². The summed E-state index contributed by atoms with van der Waals surface area (Å²) in [5.41, 5.74) is 0. The molecule has 0 rings (SSSR count). The molecule has 0 bridgehead atoms. The van der Waals surface area contributed by atoms with Crippen LogP contribution in [0.4, 0.5) is 4.79 Å². The molecule has 0 saturated carbocycles. The highest BCUT2D eigenvalue weighted by atomic mass is 16.2. The second-order valence-corrected chi connectivity index (χ2v) is 2.73. The third-order valence-corrected chi connectivity index (χ3v) is 1.60. The van der Waals surface area contributed by atoms with Crippen molar-refractivity contribution in [1.29, 1.82) is 5.26 Å². The van der Waals surface area contributed by atoms with Gasteiger partial charge in [0.1, 0.15) is 0 Å². The Morgan fingerprint density at radius 3 is 2.75 bits per heavy atom. The zero-order valence-corrected chi connectivity index (χ0v) is 7.79. The highest BCUT2D eigenvalue weighted by molar-refractivity contribution is 5.73. The molecule has 0 fully saturated rings. The highest BCUT2D eigenvalue weighted by Gasteiger charge is 2.06. The first kappa shape index (κ1) is 10.8. The van der Waals surface area contributed by atoms with Crippen LogP contribution in [0.5, 0.6) is 0 Å². The molecular formula is C8H15N3O. The number of rotatable bonds is 3. The van der Waals surface area contributed by atoms with Gasteiger partial charge in [0.15, 0.2) is 0 Å². The minimum atomic E-state index is -0.126. The number of nitrogens with one attached hydrogen (secondary N) is 1. The van der Waals surface area contributed by atoms with E-state index in [1.54, 1.807) is 18.9 Å². The van der Waals surface area contributed by atoms with E-state index in [0.29, 0.717) is 13.1 Å². The van der Waals surface area contributed by atoms with Crippen molar-refractivity contribution in [3.8, 4) is 6.07 Å². The maximum atomic E-state index is 11.1. The molecule has 1 unspecified atom stereocenters. The van der Waals surface area contributed by atoms with Crippen molar-refractivity contribution in [3.05, 3.63) is 0 Å². The number of hydrogen-bond donors (Lipinski definition) is 1. The molecule has 4 nitrogen and oxygen atoms in total. The van der Waals surface area contributed by atoms with Gasteiger partial charge < -0.3 is 10.2 Å². The molecule has 0 aliphatic heterocycles. The molecule has 0 aromatic carbocycles. The van der Waals surface area contributed by atoms with E-state index >= 15 is 0 Å². The summed E-state index contributed by atoms with van der Waals surface area (Å²) in [5.74, 6) is -0.126. The standard InChI is InChI=1S/C8H15N3O/c1-4-11(3)8(12)10-6-7(2)5-9/h7H,4,6H2,1-3H3,(H,10,12). The molecule has 0 aromatic heterocycles. The van der Waals surface area contributed by atoms with Crippen molar-refractivity contribution in [2.75, 3.05) is 20.1 Å². The summed E-state index contributed by atoms with van der Waals surface area (Å²) in [6.07, 6.45) is 0. The van der Waals surface area contributed by atoms with Crippen molar-refractivity contribution in [3.63, 3.8) is 0 Å². The molecule has 0 heterocycles. The smallest absolute Gasteiger partial charge is 0.317 e. The quantitative estimate of drug-likeness (QED) is 0.679. The van der Waals surface area contributed by atoms with Crippen LogP contribution in [0, 0.1) is 17.2 Å². The van der Waals surface area contributed by atoms with Gasteiger partial charge in [-0.1, -0.05) is 0 Å². The summed E-state index contributed by atoms with van der Waals surface area (Å²) < 4.78 is 0. The van der Waals surface area contributed by atoms with Gasteiger partial charge >= 0.3 is 6.03 Å². The lowest BCUT2D eigenvalue weighted by atomic mass is 10.2. The minimum Gasteiger partial charge on any atom is -0.337 e. The van der Waals surface area contributed by atoms with Crippen molar-refractivity contribution < 1.29 is 4.79 Å². The number of carbonyl (C=O) groups is 1. The van der Waals surface area contributed by atoms with Crippen molar-refractivity contribution in [2.24, 2.45) is 5.92 Å². The Kier molecular flexibility index (Phi) is 4.86. The van der Waals surface area contributed by atoms with Gasteiger partial charge in [0.25, 0.3) is 0 Å². The molecule has 1 N–H and O–H groups in total. The van der Waals surface area contributed by atoms with Crippen LogP contribution in [-0.2, 0) is 0 Å². The molecule has 0 aromatic rings. The van der Waals surface area contributed by atoms with Crippen LogP contribution in [0.3, 0.4) is 0 Å². The Labute approximate surface area is 73.2 Å². The lowest BCUT2D eigenvalue weighted by Gasteiger charge is -2.15. The number of nitriles is 1. The van der Waals surface area contributed by atoms with Crippen LogP contribution in [-0.4, -0.2) is 31.1 Å². The van der Waals surface area contributed by atoms with Crippen LogP contribution in [0.15, 0.2) is 0 Å². The van der Waals surface area contributed by atoms with Gasteiger partial charge in [0.05, 0.1) is 12.0 Å². The topological polar surface area (TPSA) is 56.1 Å². The number of nitrogens with zero attached hydrogens (tertiary/aromatic N) is 2. The predicted molar refractivity (Wildman–Crippen MR) is 46.5 cm³/mol. The third-order valence-electron chi connectivity index (χ3n) is 1.60. The molecule has 0 aliphatic carbocycles. The summed E-state index contributed by atoms with van der Waals surface area (Å²) >= 11 is 0. The molecule has 0 spiro atoms. The normalized spacial score (nSPS) is 11.5. The van der Waals surface area contributed by atoms with Gasteiger partial charge in [-0.25, -0.2) is 4.79 Å². The molecule has 2 amide bonds. The zero-order valence-electron chi connectivity index (χ0n) is 7.79. The highest BCUT2D eigenvalue weighted by Crippen LogP contribution is 1.89. The summed E-state index contributed by atoms with van der Waals surface area (Å²) in [5, 5.41) is 11.1. The summed E-state index contributed by atoms with van der Waals surface area (Å²) in [7, 11) is 1.71. The maximum absolute atomic E-state index is 11.1. The van der Waals surface area contributed by atoms with E-state index in [0.717, 1.165) is 0 Å². The van der Waals surface area contributed by atoms with Crippen LogP contribution in [0.1, 0.15) is 13.8 Å². The fourth-order valence-corrected chi connectivity index (χ4v) is 0.565. The van der Waals surface area contributed by atoms with Crippen molar-refractivity contribution >= 4 is 6.03 Å². The molecule has 4 heteroatoms. The Balaban J connectivity index is 3.65. The summed E-state index contributed by atoms with van der Waals surface area (Å²) in [4.78, 5) is 12.7. The lowest BCUT2D eigenvalue weighted by Crippen LogP contribution is -2.38. The minimum absolute atomic E-state index is 0.125. The first-order chi connectivity index (χ1) is 5.61. The van der Waals surface area contributed by atoms with Crippen LogP contribution < -0.4 is 5.32 Å². The molecule has 0 radical (unpaired) electrons. The molecular weight excluding hydrogens is 154 g/mol. The molecule has 68 valence electrons. The van der Waals surface area contributed by atoms with Crippen LogP contribution in [0.25, 0.3) is 0 Å². The monoisotopic (exact) mass is 169 g/mol. The molecule has 0 saturated heterocycles. The maximum Gasteiger partial charge on any atom is 0.317 e. The average Bonchev–Trinajstić information content (AvgIpc) is 2.11. The van der Waals surface area contributed by atoms with Crippen LogP contribution >= 0.6 is 0 Å². The molecule has 0 aliphatic rings. The predicted octanol–water partition coefficient (Wildman–Crippen LogP) is 0.807. The third kappa shape index (κ3) is 3.81. The largest absolute Gasteiger partial charge is 0.337 e. The van der Waals surface area contributed by atoms with Gasteiger partial charge in [0, 0.05) is 20.1 Å². The lowest BCUT2D eigenvalue weighted by molar-refractivity contribution is 0.210. The first-order valence-electron chi connectivity index (χ1n) is 4.00. The van der Waals surface area contributed by atoms with Crippen LogP contribution in [0.2, 0.25) is 0 Å². The van der Waals surface area contributed by atoms with E-state index < -0.39 is 0 Å². The summed E-state index contributed by atoms with van der Waals surface area (Å²) in [6, 6.07) is 1.92. The van der Waals surface area contributed by atoms with E-state index in [4.69, 9.17) is 5.26 Å². The van der Waals surface area contributed by atoms with Crippen molar-refractivity contribution in [2.45, 2.75) is 13.8 Å². The van der Waals surface area contributed by atoms with Gasteiger partial charge in [-0.2, -0.15) is 5.26 Å². The van der Waals surface area contributed by atoms with Gasteiger partial charge in [-0.15, -0.1) is 0 Å². The first-order valence-corrected chi connectivity index (χ1v) is 4.00. The van der Waals surface area contributed by atoms with E-state index in [1.807, 2.05) is 13.0 Å². The number of hydrogen-bond acceptors (Lipinski definition) is 2. The van der Waals surface area contributed by atoms with Gasteiger partial charge in [0.2, 0.25) is 0 Å². The number of carbonyl (C=O) groups excluding carboxylic acids is 1. The van der Waals surface area contributed by atoms with E-state index in [1.165, 1.54) is 0 Å². The van der Waals surface area contributed by atoms with Gasteiger partial charge in [-0.3, -0.25) is 0 Å². The van der Waals surface area contributed by atoms with E-state index in [-0.39, 0.29) is 11.9 Å². The fourth-order valence-electron chi connectivity index (χ4n) is 0.565. The summed E-state index contributed by atoms with van der Waals surface area (Å²) in [6.45, 7) is 4.76.